The van der Waals surface area contributed by atoms with Crippen molar-refractivity contribution >= 4 is 21.8 Å². The molecule has 0 aromatic heterocycles. The minimum absolute atomic E-state index is 0.0705. The lowest BCUT2D eigenvalue weighted by Crippen LogP contribution is -2.49. The van der Waals surface area contributed by atoms with Crippen LogP contribution >= 0.6 is 0 Å². The van der Waals surface area contributed by atoms with E-state index in [-0.39, 0.29) is 30.0 Å². The second-order valence-corrected chi connectivity index (χ2v) is 7.85. The Kier molecular flexibility index (Phi) is 5.79. The average Bonchev–Trinajstić information content (AvgIpc) is 2.29. The molecule has 0 saturated carbocycles. The van der Waals surface area contributed by atoms with Gasteiger partial charge in [0.1, 0.15) is 16.4 Å². The molecule has 1 rings (SSSR count). The summed E-state index contributed by atoms with van der Waals surface area (Å²) in [5, 5.41) is 11.5. The van der Waals surface area contributed by atoms with Crippen LogP contribution in [0.25, 0.3) is 0 Å². The molecule has 0 radical (unpaired) electrons. The molecule has 1 heterocycles. The Morgan fingerprint density at radius 3 is 2.30 bits per heavy atom. The second-order valence-electron chi connectivity index (χ2n) is 5.54. The summed E-state index contributed by atoms with van der Waals surface area (Å²) in [7, 11) is -2.97. The molecule has 0 aromatic carbocycles. The zero-order chi connectivity index (χ0) is 15.3. The summed E-state index contributed by atoms with van der Waals surface area (Å²) in [6.45, 7) is 3.79. The molecule has 1 aliphatic rings. The highest BCUT2D eigenvalue weighted by Gasteiger charge is 2.26. The van der Waals surface area contributed by atoms with Crippen LogP contribution in [-0.2, 0) is 14.6 Å². The third-order valence-corrected chi connectivity index (χ3v) is 4.80. The number of hydrogen-bond donors (Lipinski definition) is 2. The number of carbonyl (C=O) groups is 2. The van der Waals surface area contributed by atoms with Gasteiger partial charge in [-0.05, 0) is 18.8 Å². The van der Waals surface area contributed by atoms with Crippen molar-refractivity contribution in [1.29, 1.82) is 0 Å². The van der Waals surface area contributed by atoms with Gasteiger partial charge in [0.15, 0.2) is 0 Å². The molecule has 0 aliphatic carbocycles. The third-order valence-electron chi connectivity index (χ3n) is 3.08. The summed E-state index contributed by atoms with van der Waals surface area (Å²) in [6, 6.07) is -0.639. The van der Waals surface area contributed by atoms with Gasteiger partial charge in [-0.3, -0.25) is 4.79 Å². The van der Waals surface area contributed by atoms with Gasteiger partial charge in [-0.15, -0.1) is 0 Å². The molecule has 1 aliphatic heterocycles. The minimum Gasteiger partial charge on any atom is -0.480 e. The molecule has 0 spiro atoms. The molecule has 0 bridgehead atoms. The van der Waals surface area contributed by atoms with Gasteiger partial charge in [-0.2, -0.15) is 0 Å². The number of urea groups is 1. The molecule has 0 aromatic rings. The molecular formula is C12H22N2O5S. The van der Waals surface area contributed by atoms with Crippen molar-refractivity contribution in [2.45, 2.75) is 32.7 Å². The Morgan fingerprint density at radius 1 is 1.30 bits per heavy atom. The van der Waals surface area contributed by atoms with Crippen molar-refractivity contribution in [2.24, 2.45) is 5.92 Å². The Hall–Kier alpha value is -1.31. The van der Waals surface area contributed by atoms with E-state index in [4.69, 9.17) is 5.11 Å². The monoisotopic (exact) mass is 306 g/mol. The predicted molar refractivity (Wildman–Crippen MR) is 74.3 cm³/mol. The fraction of sp³-hybridized carbons (Fsp3) is 0.833. The van der Waals surface area contributed by atoms with E-state index in [9.17, 15) is 18.0 Å². The molecule has 1 fully saturated rings. The number of rotatable bonds is 5. The van der Waals surface area contributed by atoms with Crippen LogP contribution in [0, 0.1) is 5.92 Å². The van der Waals surface area contributed by atoms with Crippen molar-refractivity contribution in [3.05, 3.63) is 0 Å². The van der Waals surface area contributed by atoms with Crippen LogP contribution < -0.4 is 5.32 Å². The van der Waals surface area contributed by atoms with Crippen molar-refractivity contribution in [3.63, 3.8) is 0 Å². The molecule has 20 heavy (non-hydrogen) atoms. The highest BCUT2D eigenvalue weighted by atomic mass is 32.2. The summed E-state index contributed by atoms with van der Waals surface area (Å²) in [5.41, 5.74) is 0. The van der Waals surface area contributed by atoms with Crippen LogP contribution in [0.5, 0.6) is 0 Å². The Balaban J connectivity index is 2.55. The normalized spacial score (nSPS) is 18.8. The van der Waals surface area contributed by atoms with Crippen LogP contribution in [0.4, 0.5) is 4.79 Å². The number of nitrogens with zero attached hydrogens (tertiary/aromatic N) is 1. The van der Waals surface area contributed by atoms with Crippen molar-refractivity contribution < 1.29 is 23.1 Å². The number of carbonyl (C=O) groups excluding carboxylic acids is 1. The number of carboxylic acids is 1. The summed E-state index contributed by atoms with van der Waals surface area (Å²) < 4.78 is 22.6. The molecule has 2 amide bonds. The maximum atomic E-state index is 12.0. The third kappa shape index (κ3) is 5.77. The summed E-state index contributed by atoms with van der Waals surface area (Å²) in [6.07, 6.45) is 0.771. The van der Waals surface area contributed by atoms with E-state index in [1.165, 1.54) is 4.90 Å². The minimum atomic E-state index is -2.97. The van der Waals surface area contributed by atoms with Gasteiger partial charge < -0.3 is 15.3 Å². The molecule has 8 heteroatoms. The number of carboxylic acid groups (broad SMARTS) is 1. The Labute approximate surface area is 119 Å². The van der Waals surface area contributed by atoms with Crippen molar-refractivity contribution in [2.75, 3.05) is 24.6 Å². The number of amides is 2. The van der Waals surface area contributed by atoms with Gasteiger partial charge in [-0.1, -0.05) is 13.8 Å². The Bertz CT molecular complexity index is 446. The maximum absolute atomic E-state index is 12.0. The van der Waals surface area contributed by atoms with Crippen LogP contribution in [0.3, 0.4) is 0 Å². The van der Waals surface area contributed by atoms with Gasteiger partial charge in [0.2, 0.25) is 0 Å². The van der Waals surface area contributed by atoms with Crippen LogP contribution in [0.15, 0.2) is 0 Å². The smallest absolute Gasteiger partial charge is 0.323 e. The number of aliphatic carboxylic acids is 1. The van der Waals surface area contributed by atoms with Crippen molar-refractivity contribution in [3.8, 4) is 0 Å². The van der Waals surface area contributed by atoms with E-state index >= 15 is 0 Å². The van der Waals surface area contributed by atoms with E-state index in [0.29, 0.717) is 19.4 Å². The van der Waals surface area contributed by atoms with Gasteiger partial charge >= 0.3 is 12.0 Å². The SMILES string of the molecule is CC(C)CN(CC(=O)O)C(=O)NC1CCS(=O)(=O)CC1. The first kappa shape index (κ1) is 16.7. The Morgan fingerprint density at radius 2 is 1.85 bits per heavy atom. The van der Waals surface area contributed by atoms with Crippen molar-refractivity contribution in [1.82, 2.24) is 10.2 Å². The first-order valence-electron chi connectivity index (χ1n) is 6.67. The lowest BCUT2D eigenvalue weighted by Gasteiger charge is -2.28. The largest absolute Gasteiger partial charge is 0.480 e. The summed E-state index contributed by atoms with van der Waals surface area (Å²) in [4.78, 5) is 24.1. The van der Waals surface area contributed by atoms with E-state index in [2.05, 4.69) is 5.32 Å². The standard InChI is InChI=1S/C12H22N2O5S/c1-9(2)7-14(8-11(15)16)12(17)13-10-3-5-20(18,19)6-4-10/h9-10H,3-8H2,1-2H3,(H,13,17)(H,15,16). The van der Waals surface area contributed by atoms with Crippen LogP contribution in [-0.4, -0.2) is 61.1 Å². The highest BCUT2D eigenvalue weighted by molar-refractivity contribution is 7.91. The van der Waals surface area contributed by atoms with E-state index in [0.717, 1.165) is 0 Å². The zero-order valence-electron chi connectivity index (χ0n) is 11.8. The molecule has 2 N–H and O–H groups in total. The lowest BCUT2D eigenvalue weighted by molar-refractivity contribution is -0.137. The van der Waals surface area contributed by atoms with Crippen LogP contribution in [0.2, 0.25) is 0 Å². The van der Waals surface area contributed by atoms with E-state index < -0.39 is 21.8 Å². The van der Waals surface area contributed by atoms with Gasteiger partial charge in [-0.25, -0.2) is 13.2 Å². The molecule has 0 unspecified atom stereocenters. The topological polar surface area (TPSA) is 104 Å². The van der Waals surface area contributed by atoms with Gasteiger partial charge in [0.25, 0.3) is 0 Å². The molecule has 116 valence electrons. The lowest BCUT2D eigenvalue weighted by atomic mass is 10.1. The quantitative estimate of drug-likeness (QED) is 0.761. The predicted octanol–water partition coefficient (Wildman–Crippen LogP) is 0.316. The molecule has 0 atom stereocenters. The first-order chi connectivity index (χ1) is 9.19. The fourth-order valence-corrected chi connectivity index (χ4v) is 3.61. The highest BCUT2D eigenvalue weighted by Crippen LogP contribution is 2.12. The molecular weight excluding hydrogens is 284 g/mol. The summed E-state index contributed by atoms with van der Waals surface area (Å²) in [5.74, 6) is -0.763. The first-order valence-corrected chi connectivity index (χ1v) is 8.49. The van der Waals surface area contributed by atoms with Gasteiger partial charge in [0, 0.05) is 12.6 Å². The van der Waals surface area contributed by atoms with Crippen LogP contribution in [0.1, 0.15) is 26.7 Å². The molecule has 7 nitrogen and oxygen atoms in total. The average molecular weight is 306 g/mol. The number of nitrogens with one attached hydrogen (secondary N) is 1. The van der Waals surface area contributed by atoms with E-state index in [1.54, 1.807) is 0 Å². The molecule has 1 saturated heterocycles. The fourth-order valence-electron chi connectivity index (χ4n) is 2.12. The van der Waals surface area contributed by atoms with Gasteiger partial charge in [0.05, 0.1) is 11.5 Å². The second kappa shape index (κ2) is 6.92. The maximum Gasteiger partial charge on any atom is 0.323 e. The number of sulfone groups is 1. The zero-order valence-corrected chi connectivity index (χ0v) is 12.6. The number of hydrogen-bond acceptors (Lipinski definition) is 4. The van der Waals surface area contributed by atoms with E-state index in [1.807, 2.05) is 13.8 Å². The summed E-state index contributed by atoms with van der Waals surface area (Å²) >= 11 is 0.